The first-order chi connectivity index (χ1) is 18.6. The van der Waals surface area contributed by atoms with Crippen molar-refractivity contribution in [2.75, 3.05) is 23.4 Å². The zero-order chi connectivity index (χ0) is 28.2. The average molecular weight is 550 g/mol. The topological polar surface area (TPSA) is 159 Å². The molecule has 0 saturated heterocycles. The number of anilines is 3. The number of ether oxygens (including phenoxy) is 2. The van der Waals surface area contributed by atoms with Crippen LogP contribution in [0.2, 0.25) is 0 Å². The molecule has 0 fully saturated rings. The second kappa shape index (κ2) is 11.5. The molecule has 1 atom stereocenters. The van der Waals surface area contributed by atoms with Gasteiger partial charge in [0.15, 0.2) is 11.5 Å². The van der Waals surface area contributed by atoms with Gasteiger partial charge < -0.3 is 26.3 Å². The van der Waals surface area contributed by atoms with Crippen LogP contribution in [0.15, 0.2) is 77.8 Å². The van der Waals surface area contributed by atoms with Crippen molar-refractivity contribution in [3.8, 4) is 11.5 Å². The summed E-state index contributed by atoms with van der Waals surface area (Å²) in [7, 11) is -4.27. The fourth-order valence-electron chi connectivity index (χ4n) is 4.05. The van der Waals surface area contributed by atoms with E-state index in [1.807, 2.05) is 20.8 Å². The lowest BCUT2D eigenvalue weighted by atomic mass is 10.0. The van der Waals surface area contributed by atoms with Crippen molar-refractivity contribution in [1.82, 2.24) is 9.71 Å². The van der Waals surface area contributed by atoms with Crippen LogP contribution in [0, 0.1) is 0 Å². The van der Waals surface area contributed by atoms with Crippen molar-refractivity contribution in [1.29, 1.82) is 0 Å². The molecule has 0 saturated carbocycles. The number of nitrogen functional groups attached to an aromatic ring is 2. The molecule has 0 aliphatic rings. The molecular weight excluding hydrogens is 518 g/mol. The molecule has 0 aliphatic heterocycles. The minimum absolute atomic E-state index is 0.0249. The summed E-state index contributed by atoms with van der Waals surface area (Å²) < 4.78 is 40.0. The predicted octanol–water partition coefficient (Wildman–Crippen LogP) is 4.24. The van der Waals surface area contributed by atoms with Crippen molar-refractivity contribution in [3.63, 3.8) is 0 Å². The molecule has 4 rings (SSSR count). The molecule has 39 heavy (non-hydrogen) atoms. The van der Waals surface area contributed by atoms with Gasteiger partial charge in [0.25, 0.3) is 15.9 Å². The third kappa shape index (κ3) is 6.32. The first-order valence-electron chi connectivity index (χ1n) is 12.3. The maximum Gasteiger partial charge on any atom is 0.266 e. The average Bonchev–Trinajstić information content (AvgIpc) is 2.88. The lowest BCUT2D eigenvalue weighted by molar-refractivity contribution is -0.120. The van der Waals surface area contributed by atoms with Gasteiger partial charge in [-0.3, -0.25) is 4.79 Å². The molecule has 0 bridgehead atoms. The lowest BCUT2D eigenvalue weighted by Crippen LogP contribution is -2.37. The number of nitrogens with one attached hydrogen (secondary N) is 2. The van der Waals surface area contributed by atoms with E-state index in [1.54, 1.807) is 54.7 Å². The number of benzene rings is 3. The summed E-state index contributed by atoms with van der Waals surface area (Å²) >= 11 is 0. The molecular formula is C28H31N5O5S. The molecule has 0 aliphatic carbocycles. The van der Waals surface area contributed by atoms with Gasteiger partial charge in [0.05, 0.1) is 18.4 Å². The summed E-state index contributed by atoms with van der Waals surface area (Å²) in [5.41, 5.74) is 12.9. The maximum atomic E-state index is 13.6. The van der Waals surface area contributed by atoms with Crippen LogP contribution in [0.1, 0.15) is 32.4 Å². The minimum atomic E-state index is -4.27. The number of carbonyl (C=O) groups is 1. The van der Waals surface area contributed by atoms with Gasteiger partial charge in [-0.1, -0.05) is 18.2 Å². The second-order valence-corrected chi connectivity index (χ2v) is 10.7. The number of nitrogens with zero attached hydrogens (tertiary/aromatic N) is 1. The summed E-state index contributed by atoms with van der Waals surface area (Å²) in [5, 5.41) is 4.71. The SMILES string of the molecule is CCOc1cc(C(Nc2ccc3c(N)nccc3c2)C(=O)NS(=O)(=O)c2ccccc2N)ccc1OC(C)C. The van der Waals surface area contributed by atoms with Crippen molar-refractivity contribution in [3.05, 3.63) is 78.5 Å². The van der Waals surface area contributed by atoms with E-state index in [0.29, 0.717) is 35.2 Å². The number of aromatic nitrogens is 1. The number of hydrogen-bond acceptors (Lipinski definition) is 9. The number of rotatable bonds is 10. The van der Waals surface area contributed by atoms with E-state index in [9.17, 15) is 13.2 Å². The summed E-state index contributed by atoms with van der Waals surface area (Å²) in [6.07, 6.45) is 1.48. The third-order valence-electron chi connectivity index (χ3n) is 5.78. The number of amides is 1. The molecule has 0 spiro atoms. The van der Waals surface area contributed by atoms with Gasteiger partial charge >= 0.3 is 0 Å². The van der Waals surface area contributed by atoms with Crippen molar-refractivity contribution in [2.45, 2.75) is 37.8 Å². The molecule has 11 heteroatoms. The number of sulfonamides is 1. The fraction of sp³-hybridized carbons (Fsp3) is 0.214. The van der Waals surface area contributed by atoms with E-state index in [2.05, 4.69) is 15.0 Å². The molecule has 1 unspecified atom stereocenters. The minimum Gasteiger partial charge on any atom is -0.490 e. The van der Waals surface area contributed by atoms with Crippen LogP contribution in [0.3, 0.4) is 0 Å². The highest BCUT2D eigenvalue weighted by molar-refractivity contribution is 7.90. The Morgan fingerprint density at radius 2 is 1.77 bits per heavy atom. The Balaban J connectivity index is 1.75. The number of fused-ring (bicyclic) bond motifs is 1. The highest BCUT2D eigenvalue weighted by Crippen LogP contribution is 2.34. The van der Waals surface area contributed by atoms with Crippen molar-refractivity contribution >= 4 is 43.9 Å². The molecule has 3 aromatic carbocycles. The Labute approximate surface area is 227 Å². The molecule has 6 N–H and O–H groups in total. The van der Waals surface area contributed by atoms with Gasteiger partial charge in [-0.05, 0) is 80.3 Å². The Hall–Kier alpha value is -4.51. The molecule has 4 aromatic rings. The van der Waals surface area contributed by atoms with Crippen LogP contribution in [0.25, 0.3) is 10.8 Å². The highest BCUT2D eigenvalue weighted by Gasteiger charge is 2.28. The summed E-state index contributed by atoms with van der Waals surface area (Å²) in [4.78, 5) is 17.5. The van der Waals surface area contributed by atoms with E-state index >= 15 is 0 Å². The molecule has 10 nitrogen and oxygen atoms in total. The predicted molar refractivity (Wildman–Crippen MR) is 152 cm³/mol. The number of hydrogen-bond donors (Lipinski definition) is 4. The van der Waals surface area contributed by atoms with Gasteiger partial charge in [0, 0.05) is 17.3 Å². The van der Waals surface area contributed by atoms with Crippen molar-refractivity contribution in [2.24, 2.45) is 0 Å². The number of pyridine rings is 1. The molecule has 204 valence electrons. The molecule has 0 radical (unpaired) electrons. The van der Waals surface area contributed by atoms with Gasteiger partial charge in [-0.2, -0.15) is 0 Å². The van der Waals surface area contributed by atoms with Gasteiger partial charge in [-0.15, -0.1) is 0 Å². The van der Waals surface area contributed by atoms with E-state index in [1.165, 1.54) is 18.2 Å². The first-order valence-corrected chi connectivity index (χ1v) is 13.8. The van der Waals surface area contributed by atoms with Crippen LogP contribution >= 0.6 is 0 Å². The summed E-state index contributed by atoms with van der Waals surface area (Å²) in [6.45, 7) is 5.98. The Morgan fingerprint density at radius 3 is 2.49 bits per heavy atom. The Morgan fingerprint density at radius 1 is 1.00 bits per heavy atom. The largest absolute Gasteiger partial charge is 0.490 e. The zero-order valence-electron chi connectivity index (χ0n) is 21.8. The van der Waals surface area contributed by atoms with Gasteiger partial charge in [0.1, 0.15) is 16.8 Å². The number of para-hydroxylation sites is 1. The standard InChI is InChI=1S/C28H31N5O5S/c1-4-37-24-16-19(9-12-23(24)38-17(2)3)26(28(34)33-39(35,36)25-8-6-5-7-22(25)29)32-20-10-11-21-18(15-20)13-14-31-27(21)30/h5-17,26,32H,4,29H2,1-3H3,(H2,30,31)(H,33,34). The molecule has 1 aromatic heterocycles. The smallest absolute Gasteiger partial charge is 0.266 e. The van der Waals surface area contributed by atoms with E-state index < -0.39 is 22.0 Å². The summed E-state index contributed by atoms with van der Waals surface area (Å²) in [5.74, 6) is 0.499. The lowest BCUT2D eigenvalue weighted by Gasteiger charge is -2.22. The van der Waals surface area contributed by atoms with E-state index in [4.69, 9.17) is 20.9 Å². The Kier molecular flexibility index (Phi) is 8.10. The van der Waals surface area contributed by atoms with Gasteiger partial charge in [0.2, 0.25) is 0 Å². The summed E-state index contributed by atoms with van der Waals surface area (Å²) in [6, 6.07) is 16.9. The fourth-order valence-corrected chi connectivity index (χ4v) is 5.18. The second-order valence-electron chi connectivity index (χ2n) is 9.02. The normalized spacial score (nSPS) is 12.2. The quantitative estimate of drug-likeness (QED) is 0.212. The Bertz CT molecular complexity index is 1610. The highest BCUT2D eigenvalue weighted by atomic mass is 32.2. The van der Waals surface area contributed by atoms with Crippen LogP contribution in [0.4, 0.5) is 17.2 Å². The first kappa shape index (κ1) is 27.5. The van der Waals surface area contributed by atoms with Crippen LogP contribution in [-0.4, -0.2) is 32.0 Å². The maximum absolute atomic E-state index is 13.6. The van der Waals surface area contributed by atoms with Gasteiger partial charge in [-0.25, -0.2) is 18.1 Å². The van der Waals surface area contributed by atoms with Crippen LogP contribution in [0.5, 0.6) is 11.5 Å². The van der Waals surface area contributed by atoms with Crippen molar-refractivity contribution < 1.29 is 22.7 Å². The van der Waals surface area contributed by atoms with E-state index in [0.717, 1.165) is 10.8 Å². The van der Waals surface area contributed by atoms with E-state index in [-0.39, 0.29) is 16.7 Å². The van der Waals surface area contributed by atoms with Crippen LogP contribution in [-0.2, 0) is 14.8 Å². The zero-order valence-corrected chi connectivity index (χ0v) is 22.7. The number of nitrogens with two attached hydrogens (primary N) is 2. The number of carbonyl (C=O) groups excluding carboxylic acids is 1. The molecule has 1 heterocycles. The third-order valence-corrected chi connectivity index (χ3v) is 7.20. The monoisotopic (exact) mass is 549 g/mol. The van der Waals surface area contributed by atoms with Crippen LogP contribution < -0.4 is 31.0 Å². The molecule has 1 amide bonds.